The van der Waals surface area contributed by atoms with Crippen molar-refractivity contribution in [2.45, 2.75) is 0 Å². The van der Waals surface area contributed by atoms with E-state index in [-0.39, 0.29) is 5.91 Å². The molecule has 2 aromatic rings. The summed E-state index contributed by atoms with van der Waals surface area (Å²) >= 11 is 1.63. The fraction of sp³-hybridized carbons (Fsp3) is 0. The number of carbonyl (C=O) groups excluding carboxylic acids is 1. The first kappa shape index (κ1) is 10.6. The summed E-state index contributed by atoms with van der Waals surface area (Å²) in [5.41, 5.74) is 1.76. The van der Waals surface area contributed by atoms with Gasteiger partial charge in [0.05, 0.1) is 0 Å². The van der Waals surface area contributed by atoms with Gasteiger partial charge in [0.2, 0.25) is 0 Å². The summed E-state index contributed by atoms with van der Waals surface area (Å²) in [5.74, 6) is -0.0907. The summed E-state index contributed by atoms with van der Waals surface area (Å²) in [4.78, 5) is 11.6. The molecular formula is C13H11NOS. The van der Waals surface area contributed by atoms with Gasteiger partial charge in [0.15, 0.2) is 0 Å². The van der Waals surface area contributed by atoms with E-state index in [0.29, 0.717) is 5.56 Å². The highest BCUT2D eigenvalue weighted by molar-refractivity contribution is 7.08. The molecule has 16 heavy (non-hydrogen) atoms. The minimum absolute atomic E-state index is 0.0907. The number of carbonyl (C=O) groups is 1. The highest BCUT2D eigenvalue weighted by Gasteiger charge is 2.00. The van der Waals surface area contributed by atoms with Gasteiger partial charge in [-0.2, -0.15) is 11.3 Å². The lowest BCUT2D eigenvalue weighted by atomic mass is 10.2. The second-order valence-electron chi connectivity index (χ2n) is 3.23. The first-order chi connectivity index (χ1) is 7.86. The zero-order chi connectivity index (χ0) is 11.2. The molecule has 0 fully saturated rings. The maximum atomic E-state index is 11.6. The van der Waals surface area contributed by atoms with E-state index in [2.05, 4.69) is 5.32 Å². The zero-order valence-corrected chi connectivity index (χ0v) is 9.41. The van der Waals surface area contributed by atoms with E-state index in [4.69, 9.17) is 0 Å². The summed E-state index contributed by atoms with van der Waals surface area (Å²) in [6, 6.07) is 11.1. The average molecular weight is 229 g/mol. The fourth-order valence-electron chi connectivity index (χ4n) is 1.26. The third-order valence-electron chi connectivity index (χ3n) is 2.07. The number of benzene rings is 1. The molecule has 2 nitrogen and oxygen atoms in total. The standard InChI is InChI=1S/C13H11NOS/c15-13(12-4-2-1-3-5-12)14-8-6-11-7-9-16-10-11/h1-10H,(H,14,15)/b8-6+. The van der Waals surface area contributed by atoms with Crippen LogP contribution in [0.5, 0.6) is 0 Å². The number of hydrogen-bond donors (Lipinski definition) is 1. The van der Waals surface area contributed by atoms with Crippen molar-refractivity contribution in [3.63, 3.8) is 0 Å². The normalized spacial score (nSPS) is 10.5. The molecule has 0 aliphatic carbocycles. The molecule has 1 aromatic carbocycles. The molecule has 0 bridgehead atoms. The molecule has 1 N–H and O–H groups in total. The Balaban J connectivity index is 1.94. The Kier molecular flexibility index (Phi) is 3.51. The number of amides is 1. The van der Waals surface area contributed by atoms with Crippen LogP contribution in [0.3, 0.4) is 0 Å². The lowest BCUT2D eigenvalue weighted by Gasteiger charge is -1.98. The maximum Gasteiger partial charge on any atom is 0.255 e. The van der Waals surface area contributed by atoms with Crippen molar-refractivity contribution in [1.82, 2.24) is 5.32 Å². The van der Waals surface area contributed by atoms with Gasteiger partial charge in [-0.1, -0.05) is 18.2 Å². The molecule has 0 unspecified atom stereocenters. The number of nitrogens with one attached hydrogen (secondary N) is 1. The lowest BCUT2D eigenvalue weighted by Crippen LogP contribution is -2.16. The summed E-state index contributed by atoms with van der Waals surface area (Å²) < 4.78 is 0. The van der Waals surface area contributed by atoms with Gasteiger partial charge in [-0.3, -0.25) is 4.79 Å². The molecule has 1 heterocycles. The molecular weight excluding hydrogens is 218 g/mol. The highest BCUT2D eigenvalue weighted by atomic mass is 32.1. The van der Waals surface area contributed by atoms with Crippen LogP contribution in [0.4, 0.5) is 0 Å². The van der Waals surface area contributed by atoms with Crippen LogP contribution in [0, 0.1) is 0 Å². The summed E-state index contributed by atoms with van der Waals surface area (Å²) in [5, 5.41) is 6.74. The van der Waals surface area contributed by atoms with E-state index in [1.165, 1.54) is 0 Å². The van der Waals surface area contributed by atoms with Crippen LogP contribution in [-0.2, 0) is 0 Å². The zero-order valence-electron chi connectivity index (χ0n) is 8.59. The van der Waals surface area contributed by atoms with Crippen molar-refractivity contribution in [1.29, 1.82) is 0 Å². The lowest BCUT2D eigenvalue weighted by molar-refractivity contribution is 0.0970. The molecule has 0 aliphatic rings. The van der Waals surface area contributed by atoms with Crippen LogP contribution >= 0.6 is 11.3 Å². The van der Waals surface area contributed by atoms with Crippen LogP contribution in [0.2, 0.25) is 0 Å². The van der Waals surface area contributed by atoms with Crippen LogP contribution < -0.4 is 5.32 Å². The second kappa shape index (κ2) is 5.28. The van der Waals surface area contributed by atoms with Crippen molar-refractivity contribution in [3.8, 4) is 0 Å². The van der Waals surface area contributed by atoms with Crippen LogP contribution in [0.1, 0.15) is 15.9 Å². The molecule has 1 amide bonds. The van der Waals surface area contributed by atoms with E-state index in [9.17, 15) is 4.79 Å². The van der Waals surface area contributed by atoms with E-state index >= 15 is 0 Å². The highest BCUT2D eigenvalue weighted by Crippen LogP contribution is 2.07. The van der Waals surface area contributed by atoms with Crippen molar-refractivity contribution >= 4 is 23.3 Å². The van der Waals surface area contributed by atoms with Crippen molar-refractivity contribution in [3.05, 3.63) is 64.5 Å². The number of hydrogen-bond acceptors (Lipinski definition) is 2. The fourth-order valence-corrected chi connectivity index (χ4v) is 1.88. The predicted molar refractivity (Wildman–Crippen MR) is 67.3 cm³/mol. The van der Waals surface area contributed by atoms with Gasteiger partial charge in [-0.05, 0) is 40.6 Å². The van der Waals surface area contributed by atoms with Crippen LogP contribution in [0.15, 0.2) is 53.4 Å². The van der Waals surface area contributed by atoms with Gasteiger partial charge in [0.25, 0.3) is 5.91 Å². The van der Waals surface area contributed by atoms with Gasteiger partial charge >= 0.3 is 0 Å². The maximum absolute atomic E-state index is 11.6. The predicted octanol–water partition coefficient (Wildman–Crippen LogP) is 3.15. The summed E-state index contributed by atoms with van der Waals surface area (Å²) in [6.07, 6.45) is 3.54. The van der Waals surface area contributed by atoms with Crippen LogP contribution in [-0.4, -0.2) is 5.91 Å². The quantitative estimate of drug-likeness (QED) is 0.860. The van der Waals surface area contributed by atoms with E-state index in [1.54, 1.807) is 29.7 Å². The van der Waals surface area contributed by atoms with Gasteiger partial charge in [0, 0.05) is 11.8 Å². The molecule has 0 radical (unpaired) electrons. The molecule has 0 spiro atoms. The Morgan fingerprint density at radius 2 is 2.00 bits per heavy atom. The Bertz CT molecular complexity index is 474. The molecule has 3 heteroatoms. The minimum Gasteiger partial charge on any atom is -0.329 e. The Labute approximate surface area is 98.2 Å². The molecule has 0 saturated carbocycles. The monoisotopic (exact) mass is 229 g/mol. The molecule has 0 aliphatic heterocycles. The Hall–Kier alpha value is -1.87. The first-order valence-corrected chi connectivity index (χ1v) is 5.85. The summed E-state index contributed by atoms with van der Waals surface area (Å²) in [7, 11) is 0. The Morgan fingerprint density at radius 1 is 1.19 bits per heavy atom. The molecule has 0 atom stereocenters. The van der Waals surface area contributed by atoms with E-state index in [0.717, 1.165) is 5.56 Å². The second-order valence-corrected chi connectivity index (χ2v) is 4.01. The van der Waals surface area contributed by atoms with Gasteiger partial charge in [-0.15, -0.1) is 0 Å². The smallest absolute Gasteiger partial charge is 0.255 e. The van der Waals surface area contributed by atoms with Gasteiger partial charge in [0.1, 0.15) is 0 Å². The topological polar surface area (TPSA) is 29.1 Å². The van der Waals surface area contributed by atoms with Gasteiger partial charge in [-0.25, -0.2) is 0 Å². The largest absolute Gasteiger partial charge is 0.329 e. The van der Waals surface area contributed by atoms with Crippen molar-refractivity contribution < 1.29 is 4.79 Å². The van der Waals surface area contributed by atoms with Crippen molar-refractivity contribution in [2.75, 3.05) is 0 Å². The number of rotatable bonds is 3. The van der Waals surface area contributed by atoms with Gasteiger partial charge < -0.3 is 5.32 Å². The molecule has 80 valence electrons. The minimum atomic E-state index is -0.0907. The Morgan fingerprint density at radius 3 is 2.69 bits per heavy atom. The molecule has 1 aromatic heterocycles. The van der Waals surface area contributed by atoms with E-state index < -0.39 is 0 Å². The molecule has 2 rings (SSSR count). The summed E-state index contributed by atoms with van der Waals surface area (Å²) in [6.45, 7) is 0. The van der Waals surface area contributed by atoms with Crippen molar-refractivity contribution in [2.24, 2.45) is 0 Å². The number of thiophene rings is 1. The molecule has 0 saturated heterocycles. The average Bonchev–Trinajstić information content (AvgIpc) is 2.83. The third kappa shape index (κ3) is 2.81. The van der Waals surface area contributed by atoms with Crippen LogP contribution in [0.25, 0.3) is 6.08 Å². The SMILES string of the molecule is O=C(N/C=C/c1ccsc1)c1ccccc1. The third-order valence-corrected chi connectivity index (χ3v) is 2.77. The first-order valence-electron chi connectivity index (χ1n) is 4.91. The van der Waals surface area contributed by atoms with E-state index in [1.807, 2.05) is 41.1 Å².